The van der Waals surface area contributed by atoms with Gasteiger partial charge in [0.15, 0.2) is 5.82 Å². The molecule has 1 N–H and O–H groups in total. The number of nitrogens with one attached hydrogen (secondary N) is 1. The smallest absolute Gasteiger partial charge is 0.243 e. The van der Waals surface area contributed by atoms with Crippen LogP contribution in [0.3, 0.4) is 0 Å². The summed E-state index contributed by atoms with van der Waals surface area (Å²) >= 11 is 0. The lowest BCUT2D eigenvalue weighted by Crippen LogP contribution is -2.39. The fourth-order valence-electron chi connectivity index (χ4n) is 2.93. The molecule has 21 heavy (non-hydrogen) atoms. The van der Waals surface area contributed by atoms with Gasteiger partial charge in [-0.15, -0.1) is 0 Å². The van der Waals surface area contributed by atoms with E-state index in [4.69, 9.17) is 4.52 Å². The second kappa shape index (κ2) is 4.91. The van der Waals surface area contributed by atoms with E-state index in [2.05, 4.69) is 32.5 Å². The highest BCUT2D eigenvalue weighted by molar-refractivity contribution is 5.05. The van der Waals surface area contributed by atoms with Gasteiger partial charge in [-0.1, -0.05) is 5.16 Å². The summed E-state index contributed by atoms with van der Waals surface area (Å²) in [6.45, 7) is 4.87. The lowest BCUT2D eigenvalue weighted by Gasteiger charge is -2.25. The van der Waals surface area contributed by atoms with E-state index in [-0.39, 0.29) is 6.04 Å². The van der Waals surface area contributed by atoms with Gasteiger partial charge in [0.2, 0.25) is 5.89 Å². The fraction of sp³-hybridized carbons (Fsp3) is 0.714. The van der Waals surface area contributed by atoms with Crippen LogP contribution >= 0.6 is 0 Å². The molecule has 0 unspecified atom stereocenters. The van der Waals surface area contributed by atoms with E-state index in [1.165, 1.54) is 12.8 Å². The van der Waals surface area contributed by atoms with Crippen molar-refractivity contribution in [2.45, 2.75) is 64.1 Å². The van der Waals surface area contributed by atoms with Crippen LogP contribution in [0.1, 0.15) is 61.5 Å². The first-order valence-corrected chi connectivity index (χ1v) is 7.69. The number of hydrogen-bond donors (Lipinski definition) is 1. The standard InChI is InChI=1S/C14H20N6O/c1-8(14-17-13(19-21-14)10-3-4-10)15-11-5-6-12-16-9(2)18-20(12)7-11/h8,10-11,15H,3-7H2,1-2H3/t8-,11+/m0/s1. The van der Waals surface area contributed by atoms with E-state index >= 15 is 0 Å². The van der Waals surface area contributed by atoms with Gasteiger partial charge in [-0.3, -0.25) is 0 Å². The summed E-state index contributed by atoms with van der Waals surface area (Å²) in [6, 6.07) is 0.436. The second-order valence-electron chi connectivity index (χ2n) is 6.15. The molecule has 3 heterocycles. The highest BCUT2D eigenvalue weighted by atomic mass is 16.5. The third kappa shape index (κ3) is 2.57. The molecule has 0 amide bonds. The minimum Gasteiger partial charge on any atom is -0.338 e. The summed E-state index contributed by atoms with van der Waals surface area (Å²) in [5.74, 6) is 4.04. The number of fused-ring (bicyclic) bond motifs is 1. The molecule has 2 aromatic heterocycles. The molecular formula is C14H20N6O. The molecule has 0 bridgehead atoms. The van der Waals surface area contributed by atoms with Crippen molar-refractivity contribution in [1.29, 1.82) is 0 Å². The minimum absolute atomic E-state index is 0.0705. The van der Waals surface area contributed by atoms with Gasteiger partial charge >= 0.3 is 0 Å². The normalized spacial score (nSPS) is 23.0. The van der Waals surface area contributed by atoms with E-state index < -0.39 is 0 Å². The van der Waals surface area contributed by atoms with Gasteiger partial charge in [0.1, 0.15) is 11.6 Å². The first-order valence-electron chi connectivity index (χ1n) is 7.69. The summed E-state index contributed by atoms with van der Waals surface area (Å²) in [4.78, 5) is 8.95. The Bertz CT molecular complexity index is 644. The van der Waals surface area contributed by atoms with Gasteiger partial charge in [0.25, 0.3) is 0 Å². The fourth-order valence-corrected chi connectivity index (χ4v) is 2.93. The van der Waals surface area contributed by atoms with E-state index in [0.717, 1.165) is 36.9 Å². The summed E-state index contributed by atoms with van der Waals surface area (Å²) in [5, 5.41) is 12.1. The Morgan fingerprint density at radius 1 is 1.29 bits per heavy atom. The van der Waals surface area contributed by atoms with Gasteiger partial charge in [0.05, 0.1) is 12.6 Å². The van der Waals surface area contributed by atoms with Crippen LogP contribution < -0.4 is 5.32 Å². The molecular weight excluding hydrogens is 268 g/mol. The number of nitrogens with zero attached hydrogens (tertiary/aromatic N) is 5. The van der Waals surface area contributed by atoms with E-state index in [9.17, 15) is 0 Å². The Labute approximate surface area is 123 Å². The third-order valence-electron chi connectivity index (χ3n) is 4.22. The second-order valence-corrected chi connectivity index (χ2v) is 6.15. The lowest BCUT2D eigenvalue weighted by atomic mass is 10.1. The number of aryl methyl sites for hydroxylation is 2. The van der Waals surface area contributed by atoms with Crippen molar-refractivity contribution in [3.63, 3.8) is 0 Å². The van der Waals surface area contributed by atoms with Gasteiger partial charge in [0, 0.05) is 18.4 Å². The van der Waals surface area contributed by atoms with Crippen LogP contribution in [0, 0.1) is 6.92 Å². The van der Waals surface area contributed by atoms with Crippen LogP contribution in [0.2, 0.25) is 0 Å². The molecule has 0 radical (unpaired) electrons. The van der Waals surface area contributed by atoms with Crippen molar-refractivity contribution in [3.05, 3.63) is 23.4 Å². The van der Waals surface area contributed by atoms with Crippen molar-refractivity contribution in [2.75, 3.05) is 0 Å². The molecule has 0 saturated heterocycles. The first-order chi connectivity index (χ1) is 10.2. The Hall–Kier alpha value is -1.76. The maximum Gasteiger partial charge on any atom is 0.243 e. The Kier molecular flexibility index (Phi) is 3.02. The minimum atomic E-state index is 0.0705. The largest absolute Gasteiger partial charge is 0.338 e. The molecule has 2 aliphatic rings. The van der Waals surface area contributed by atoms with Crippen LogP contribution in [0.4, 0.5) is 0 Å². The molecule has 0 spiro atoms. The molecule has 0 aromatic carbocycles. The maximum absolute atomic E-state index is 5.38. The average molecular weight is 288 g/mol. The van der Waals surface area contributed by atoms with E-state index in [1.54, 1.807) is 0 Å². The molecule has 1 saturated carbocycles. The van der Waals surface area contributed by atoms with Crippen LogP contribution in [0.15, 0.2) is 4.52 Å². The Balaban J connectivity index is 1.41. The Morgan fingerprint density at radius 3 is 2.95 bits per heavy atom. The highest BCUT2D eigenvalue weighted by Crippen LogP contribution is 2.38. The van der Waals surface area contributed by atoms with Crippen LogP contribution in [0.25, 0.3) is 0 Å². The monoisotopic (exact) mass is 288 g/mol. The summed E-state index contributed by atoms with van der Waals surface area (Å²) in [6.07, 6.45) is 4.41. The molecule has 112 valence electrons. The van der Waals surface area contributed by atoms with Crippen LogP contribution in [0.5, 0.6) is 0 Å². The zero-order valence-electron chi connectivity index (χ0n) is 12.4. The molecule has 4 rings (SSSR count). The third-order valence-corrected chi connectivity index (χ3v) is 4.22. The zero-order chi connectivity index (χ0) is 14.4. The van der Waals surface area contributed by atoms with Crippen molar-refractivity contribution < 1.29 is 4.52 Å². The van der Waals surface area contributed by atoms with Crippen molar-refractivity contribution in [3.8, 4) is 0 Å². The molecule has 2 atom stereocenters. The predicted octanol–water partition coefficient (Wildman–Crippen LogP) is 1.51. The predicted molar refractivity (Wildman–Crippen MR) is 74.7 cm³/mol. The summed E-state index contributed by atoms with van der Waals surface area (Å²) in [7, 11) is 0. The molecule has 2 aromatic rings. The van der Waals surface area contributed by atoms with Gasteiger partial charge < -0.3 is 9.84 Å². The highest BCUT2D eigenvalue weighted by Gasteiger charge is 2.30. The van der Waals surface area contributed by atoms with Gasteiger partial charge in [-0.05, 0) is 33.1 Å². The topological polar surface area (TPSA) is 81.7 Å². The number of rotatable bonds is 4. The van der Waals surface area contributed by atoms with Crippen LogP contribution in [-0.2, 0) is 13.0 Å². The molecule has 7 heteroatoms. The summed E-state index contributed by atoms with van der Waals surface area (Å²) in [5.41, 5.74) is 0. The first kappa shape index (κ1) is 12.9. The zero-order valence-corrected chi connectivity index (χ0v) is 12.4. The van der Waals surface area contributed by atoms with Crippen LogP contribution in [-0.4, -0.2) is 30.9 Å². The maximum atomic E-state index is 5.38. The Morgan fingerprint density at radius 2 is 2.14 bits per heavy atom. The quantitative estimate of drug-likeness (QED) is 0.918. The van der Waals surface area contributed by atoms with Gasteiger partial charge in [-0.2, -0.15) is 10.1 Å². The van der Waals surface area contributed by atoms with Crippen molar-refractivity contribution in [1.82, 2.24) is 30.2 Å². The average Bonchev–Trinajstić information content (AvgIpc) is 3.06. The van der Waals surface area contributed by atoms with Gasteiger partial charge in [-0.25, -0.2) is 9.67 Å². The lowest BCUT2D eigenvalue weighted by molar-refractivity contribution is 0.287. The SMILES string of the molecule is Cc1nc2n(n1)C[C@H](N[C@@H](C)c1nc(C3CC3)no1)CC2. The van der Waals surface area contributed by atoms with Crippen molar-refractivity contribution >= 4 is 0 Å². The van der Waals surface area contributed by atoms with E-state index in [1.807, 2.05) is 11.6 Å². The summed E-state index contributed by atoms with van der Waals surface area (Å²) < 4.78 is 7.39. The number of aromatic nitrogens is 5. The molecule has 1 aliphatic heterocycles. The molecule has 1 aliphatic carbocycles. The molecule has 7 nitrogen and oxygen atoms in total. The number of hydrogen-bond acceptors (Lipinski definition) is 6. The van der Waals surface area contributed by atoms with Crippen molar-refractivity contribution in [2.24, 2.45) is 0 Å². The molecule has 1 fully saturated rings. The van der Waals surface area contributed by atoms with E-state index in [0.29, 0.717) is 17.9 Å².